The maximum absolute atomic E-state index is 12.1. The van der Waals surface area contributed by atoms with Crippen LogP contribution in [0.15, 0.2) is 53.9 Å². The van der Waals surface area contributed by atoms with Crippen molar-refractivity contribution < 1.29 is 9.59 Å². The van der Waals surface area contributed by atoms with Crippen LogP contribution in [0.1, 0.15) is 23.7 Å². The molecule has 0 saturated carbocycles. The Hall–Kier alpha value is -3.20. The van der Waals surface area contributed by atoms with E-state index in [1.807, 2.05) is 0 Å². The summed E-state index contributed by atoms with van der Waals surface area (Å²) in [4.78, 5) is 27.3. The molecule has 0 fully saturated rings. The first-order chi connectivity index (χ1) is 13.0. The lowest BCUT2D eigenvalue weighted by Gasteiger charge is -2.06. The maximum atomic E-state index is 12.1. The van der Waals surface area contributed by atoms with Gasteiger partial charge in [-0.2, -0.15) is 0 Å². The van der Waals surface area contributed by atoms with Crippen LogP contribution in [0.3, 0.4) is 0 Å². The van der Waals surface area contributed by atoms with Crippen molar-refractivity contribution in [3.05, 3.63) is 54.4 Å². The minimum absolute atomic E-state index is 0.0127. The standard InChI is InChI=1S/C18H18N6O2S/c1-12(25)13-2-4-15(5-3-13)21-16(26)8-11-27-18-23-22-17(24(18)19)14-6-9-20-10-7-14/h2-7,9-10H,8,11,19H2,1H3,(H,21,26). The van der Waals surface area contributed by atoms with Crippen molar-refractivity contribution in [1.82, 2.24) is 19.9 Å². The number of nitrogens with zero attached hydrogens (tertiary/aromatic N) is 4. The van der Waals surface area contributed by atoms with Gasteiger partial charge in [-0.15, -0.1) is 10.2 Å². The summed E-state index contributed by atoms with van der Waals surface area (Å²) in [6, 6.07) is 10.4. The molecular formula is C18H18N6O2S. The van der Waals surface area contributed by atoms with Crippen LogP contribution in [-0.4, -0.2) is 37.3 Å². The molecule has 3 rings (SSSR count). The number of carbonyl (C=O) groups excluding carboxylic acids is 2. The molecule has 2 aromatic heterocycles. The van der Waals surface area contributed by atoms with Gasteiger partial charge in [-0.1, -0.05) is 11.8 Å². The summed E-state index contributed by atoms with van der Waals surface area (Å²) >= 11 is 1.35. The monoisotopic (exact) mass is 382 g/mol. The molecule has 0 radical (unpaired) electrons. The summed E-state index contributed by atoms with van der Waals surface area (Å²) in [6.07, 6.45) is 3.60. The summed E-state index contributed by atoms with van der Waals surface area (Å²) < 4.78 is 1.40. The largest absolute Gasteiger partial charge is 0.335 e. The molecule has 3 aromatic rings. The first kappa shape index (κ1) is 18.6. The predicted octanol–water partition coefficient (Wildman–Crippen LogP) is 2.38. The number of aromatic nitrogens is 4. The Kier molecular flexibility index (Phi) is 5.82. The minimum atomic E-state index is -0.129. The highest BCUT2D eigenvalue weighted by Crippen LogP contribution is 2.21. The number of hydrogen-bond acceptors (Lipinski definition) is 7. The van der Waals surface area contributed by atoms with E-state index >= 15 is 0 Å². The fraction of sp³-hybridized carbons (Fsp3) is 0.167. The van der Waals surface area contributed by atoms with E-state index in [4.69, 9.17) is 5.84 Å². The number of nitrogens with one attached hydrogen (secondary N) is 1. The van der Waals surface area contributed by atoms with Crippen LogP contribution in [0.5, 0.6) is 0 Å². The Morgan fingerprint density at radius 2 is 1.81 bits per heavy atom. The fourth-order valence-corrected chi connectivity index (χ4v) is 3.11. The number of pyridine rings is 1. The molecule has 138 valence electrons. The maximum Gasteiger partial charge on any atom is 0.225 e. The number of benzene rings is 1. The molecule has 9 heteroatoms. The second-order valence-electron chi connectivity index (χ2n) is 5.69. The van der Waals surface area contributed by atoms with E-state index in [-0.39, 0.29) is 18.1 Å². The second-order valence-corrected chi connectivity index (χ2v) is 6.75. The molecule has 1 aromatic carbocycles. The number of carbonyl (C=O) groups is 2. The van der Waals surface area contributed by atoms with Crippen LogP contribution >= 0.6 is 11.8 Å². The first-order valence-electron chi connectivity index (χ1n) is 8.19. The summed E-state index contributed by atoms with van der Waals surface area (Å²) in [5, 5.41) is 11.5. The van der Waals surface area contributed by atoms with Crippen LogP contribution in [0, 0.1) is 0 Å². The van der Waals surface area contributed by atoms with E-state index in [0.717, 1.165) is 5.56 Å². The molecule has 27 heavy (non-hydrogen) atoms. The Labute approximate surface area is 160 Å². The summed E-state index contributed by atoms with van der Waals surface area (Å²) in [7, 11) is 0. The number of hydrogen-bond donors (Lipinski definition) is 2. The summed E-state index contributed by atoms with van der Waals surface area (Å²) in [6.45, 7) is 1.50. The zero-order valence-electron chi connectivity index (χ0n) is 14.6. The number of thioether (sulfide) groups is 1. The van der Waals surface area contributed by atoms with E-state index in [9.17, 15) is 9.59 Å². The molecule has 0 saturated heterocycles. The van der Waals surface area contributed by atoms with Crippen molar-refractivity contribution >= 4 is 29.1 Å². The second kappa shape index (κ2) is 8.45. The molecule has 0 atom stereocenters. The van der Waals surface area contributed by atoms with Crippen LogP contribution < -0.4 is 11.2 Å². The highest BCUT2D eigenvalue weighted by molar-refractivity contribution is 7.99. The number of amides is 1. The normalized spacial score (nSPS) is 10.6. The zero-order valence-corrected chi connectivity index (χ0v) is 15.4. The number of ketones is 1. The van der Waals surface area contributed by atoms with E-state index in [0.29, 0.717) is 28.0 Å². The average molecular weight is 382 g/mol. The van der Waals surface area contributed by atoms with Gasteiger partial charge in [0.05, 0.1) is 0 Å². The topological polar surface area (TPSA) is 116 Å². The third kappa shape index (κ3) is 4.70. The number of Topliss-reactive ketones (excluding diaryl/α,β-unsaturated/α-hetero) is 1. The molecule has 0 bridgehead atoms. The first-order valence-corrected chi connectivity index (χ1v) is 9.17. The van der Waals surface area contributed by atoms with Crippen LogP contribution in [0.4, 0.5) is 5.69 Å². The molecule has 0 aliphatic rings. The Morgan fingerprint density at radius 3 is 2.48 bits per heavy atom. The van der Waals surface area contributed by atoms with Gasteiger partial charge in [0, 0.05) is 41.4 Å². The number of anilines is 1. The molecule has 3 N–H and O–H groups in total. The molecule has 2 heterocycles. The highest BCUT2D eigenvalue weighted by Gasteiger charge is 2.12. The van der Waals surface area contributed by atoms with Crippen LogP contribution in [0.25, 0.3) is 11.4 Å². The predicted molar refractivity (Wildman–Crippen MR) is 104 cm³/mol. The van der Waals surface area contributed by atoms with Gasteiger partial charge >= 0.3 is 0 Å². The van der Waals surface area contributed by atoms with Gasteiger partial charge in [0.2, 0.25) is 11.1 Å². The van der Waals surface area contributed by atoms with Gasteiger partial charge in [-0.3, -0.25) is 14.6 Å². The fourth-order valence-electron chi connectivity index (χ4n) is 2.32. The molecular weight excluding hydrogens is 364 g/mol. The van der Waals surface area contributed by atoms with Crippen molar-refractivity contribution in [3.8, 4) is 11.4 Å². The smallest absolute Gasteiger partial charge is 0.225 e. The molecule has 1 amide bonds. The van der Waals surface area contributed by atoms with Crippen molar-refractivity contribution in [2.75, 3.05) is 16.9 Å². The molecule has 0 spiro atoms. The Morgan fingerprint density at radius 1 is 1.11 bits per heavy atom. The quantitative estimate of drug-likeness (QED) is 0.366. The van der Waals surface area contributed by atoms with Gasteiger partial charge < -0.3 is 11.2 Å². The Balaban J connectivity index is 1.52. The highest BCUT2D eigenvalue weighted by atomic mass is 32.2. The third-order valence-electron chi connectivity index (χ3n) is 3.74. The van der Waals surface area contributed by atoms with E-state index in [1.165, 1.54) is 23.4 Å². The molecule has 8 nitrogen and oxygen atoms in total. The van der Waals surface area contributed by atoms with Crippen molar-refractivity contribution in [3.63, 3.8) is 0 Å². The van der Waals surface area contributed by atoms with Gasteiger partial charge in [0.25, 0.3) is 0 Å². The van der Waals surface area contributed by atoms with Crippen molar-refractivity contribution in [2.24, 2.45) is 0 Å². The molecule has 0 unspecified atom stereocenters. The van der Waals surface area contributed by atoms with Gasteiger partial charge in [0.15, 0.2) is 11.6 Å². The summed E-state index contributed by atoms with van der Waals surface area (Å²) in [5.41, 5.74) is 2.08. The minimum Gasteiger partial charge on any atom is -0.335 e. The average Bonchev–Trinajstić information content (AvgIpc) is 3.03. The lowest BCUT2D eigenvalue weighted by Crippen LogP contribution is -2.14. The number of nitrogens with two attached hydrogens (primary N) is 1. The zero-order chi connectivity index (χ0) is 19.2. The van der Waals surface area contributed by atoms with Gasteiger partial charge in [-0.25, -0.2) is 4.68 Å². The van der Waals surface area contributed by atoms with Gasteiger partial charge in [-0.05, 0) is 43.3 Å². The molecule has 0 aliphatic carbocycles. The summed E-state index contributed by atoms with van der Waals surface area (Å²) in [5.74, 6) is 6.93. The van der Waals surface area contributed by atoms with E-state index in [2.05, 4.69) is 20.5 Å². The molecule has 0 aliphatic heterocycles. The Bertz CT molecular complexity index is 940. The van der Waals surface area contributed by atoms with Crippen LogP contribution in [-0.2, 0) is 4.79 Å². The third-order valence-corrected chi connectivity index (χ3v) is 4.68. The van der Waals surface area contributed by atoms with Crippen LogP contribution in [0.2, 0.25) is 0 Å². The van der Waals surface area contributed by atoms with Crippen molar-refractivity contribution in [2.45, 2.75) is 18.5 Å². The number of nitrogen functional groups attached to an aromatic ring is 1. The van der Waals surface area contributed by atoms with E-state index in [1.54, 1.807) is 48.8 Å². The number of rotatable bonds is 7. The van der Waals surface area contributed by atoms with E-state index < -0.39 is 0 Å². The SMILES string of the molecule is CC(=O)c1ccc(NC(=O)CCSc2nnc(-c3ccncc3)n2N)cc1. The lowest BCUT2D eigenvalue weighted by molar-refractivity contribution is -0.115. The van der Waals surface area contributed by atoms with Gasteiger partial charge in [0.1, 0.15) is 0 Å². The lowest BCUT2D eigenvalue weighted by atomic mass is 10.1. The van der Waals surface area contributed by atoms with Crippen molar-refractivity contribution in [1.29, 1.82) is 0 Å².